The summed E-state index contributed by atoms with van der Waals surface area (Å²) in [5.74, 6) is 0.961. The molecule has 4 heteroatoms. The first-order valence-corrected chi connectivity index (χ1v) is 6.36. The Labute approximate surface area is 107 Å². The van der Waals surface area contributed by atoms with Crippen LogP contribution in [0.1, 0.15) is 11.3 Å². The lowest BCUT2D eigenvalue weighted by molar-refractivity contribution is 0.389. The van der Waals surface area contributed by atoms with Crippen LogP contribution in [0.3, 0.4) is 0 Å². The van der Waals surface area contributed by atoms with Gasteiger partial charge in [0.1, 0.15) is 5.69 Å². The van der Waals surface area contributed by atoms with Crippen molar-refractivity contribution < 1.29 is 4.52 Å². The molecule has 1 aliphatic heterocycles. The molecular weight excluding hydrogens is 226 g/mol. The molecule has 0 bridgehead atoms. The van der Waals surface area contributed by atoms with Crippen molar-refractivity contribution in [1.29, 1.82) is 0 Å². The summed E-state index contributed by atoms with van der Waals surface area (Å²) in [6.45, 7) is 4.08. The van der Waals surface area contributed by atoms with E-state index >= 15 is 0 Å². The van der Waals surface area contributed by atoms with Crippen LogP contribution in [0.4, 0.5) is 5.69 Å². The lowest BCUT2D eigenvalue weighted by Crippen LogP contribution is -2.43. The standard InChI is InChI=1S/C14H17N3O/c1-2-4-12(5-3-1)10-14-13(11-16-18-14)17-8-6-15-7-9-17/h1-5,11,15H,6-10H2. The fraction of sp³-hybridized carbons (Fsp3) is 0.357. The van der Waals surface area contributed by atoms with Crippen LogP contribution in [0.15, 0.2) is 41.1 Å². The van der Waals surface area contributed by atoms with Gasteiger partial charge in [-0.15, -0.1) is 0 Å². The van der Waals surface area contributed by atoms with Gasteiger partial charge in [0.05, 0.1) is 6.20 Å². The van der Waals surface area contributed by atoms with Crippen molar-refractivity contribution in [3.05, 3.63) is 47.9 Å². The molecule has 0 radical (unpaired) electrons. The quantitative estimate of drug-likeness (QED) is 0.890. The smallest absolute Gasteiger partial charge is 0.164 e. The summed E-state index contributed by atoms with van der Waals surface area (Å²) >= 11 is 0. The number of hydrogen-bond donors (Lipinski definition) is 1. The molecule has 0 saturated carbocycles. The van der Waals surface area contributed by atoms with Crippen LogP contribution >= 0.6 is 0 Å². The minimum absolute atomic E-state index is 0.806. The van der Waals surface area contributed by atoms with Gasteiger partial charge in [-0.2, -0.15) is 0 Å². The Bertz CT molecular complexity index is 489. The third-order valence-corrected chi connectivity index (χ3v) is 3.29. The number of hydrogen-bond acceptors (Lipinski definition) is 4. The summed E-state index contributed by atoms with van der Waals surface area (Å²) < 4.78 is 5.41. The number of nitrogens with zero attached hydrogens (tertiary/aromatic N) is 2. The SMILES string of the molecule is c1ccc(Cc2oncc2N2CCNCC2)cc1. The van der Waals surface area contributed by atoms with Crippen molar-refractivity contribution in [2.45, 2.75) is 6.42 Å². The van der Waals surface area contributed by atoms with Gasteiger partial charge in [-0.1, -0.05) is 35.5 Å². The van der Waals surface area contributed by atoms with E-state index in [1.165, 1.54) is 5.56 Å². The summed E-state index contributed by atoms with van der Waals surface area (Å²) in [6.07, 6.45) is 2.64. The number of aromatic nitrogens is 1. The van der Waals surface area contributed by atoms with E-state index in [1.54, 1.807) is 0 Å². The molecule has 1 saturated heterocycles. The molecule has 1 aromatic carbocycles. The van der Waals surface area contributed by atoms with Gasteiger partial charge in [-0.25, -0.2) is 0 Å². The Morgan fingerprint density at radius 1 is 1.17 bits per heavy atom. The maximum atomic E-state index is 5.41. The predicted octanol–water partition coefficient (Wildman–Crippen LogP) is 1.67. The molecule has 18 heavy (non-hydrogen) atoms. The molecule has 4 nitrogen and oxygen atoms in total. The minimum atomic E-state index is 0.806. The van der Waals surface area contributed by atoms with E-state index in [0.29, 0.717) is 0 Å². The molecule has 94 valence electrons. The second-order valence-corrected chi connectivity index (χ2v) is 4.53. The van der Waals surface area contributed by atoms with Gasteiger partial charge >= 0.3 is 0 Å². The van der Waals surface area contributed by atoms with Gasteiger partial charge in [0.2, 0.25) is 0 Å². The molecule has 0 amide bonds. The zero-order valence-corrected chi connectivity index (χ0v) is 10.3. The summed E-state index contributed by atoms with van der Waals surface area (Å²) in [7, 11) is 0. The van der Waals surface area contributed by atoms with Crippen molar-refractivity contribution >= 4 is 5.69 Å². The van der Waals surface area contributed by atoms with Gasteiger partial charge < -0.3 is 14.7 Å². The monoisotopic (exact) mass is 243 g/mol. The average molecular weight is 243 g/mol. The molecule has 2 heterocycles. The Hall–Kier alpha value is -1.81. The third-order valence-electron chi connectivity index (χ3n) is 3.29. The Kier molecular flexibility index (Phi) is 3.28. The van der Waals surface area contributed by atoms with Crippen molar-refractivity contribution in [3.8, 4) is 0 Å². The molecular formula is C14H17N3O. The average Bonchev–Trinajstić information content (AvgIpc) is 2.89. The summed E-state index contributed by atoms with van der Waals surface area (Å²) in [5, 5.41) is 7.31. The second-order valence-electron chi connectivity index (χ2n) is 4.53. The molecule has 0 spiro atoms. The van der Waals surface area contributed by atoms with Gasteiger partial charge in [-0.3, -0.25) is 0 Å². The highest BCUT2D eigenvalue weighted by Gasteiger charge is 2.17. The molecule has 0 atom stereocenters. The van der Waals surface area contributed by atoms with Gasteiger partial charge in [0, 0.05) is 32.6 Å². The molecule has 1 aromatic heterocycles. The fourth-order valence-corrected chi connectivity index (χ4v) is 2.33. The van der Waals surface area contributed by atoms with Crippen LogP contribution in [0, 0.1) is 0 Å². The summed E-state index contributed by atoms with van der Waals surface area (Å²) in [4.78, 5) is 2.34. The fourth-order valence-electron chi connectivity index (χ4n) is 2.33. The highest BCUT2D eigenvalue weighted by Crippen LogP contribution is 2.23. The van der Waals surface area contributed by atoms with Crippen LogP contribution in [0.2, 0.25) is 0 Å². The molecule has 1 N–H and O–H groups in total. The highest BCUT2D eigenvalue weighted by molar-refractivity contribution is 5.49. The lowest BCUT2D eigenvalue weighted by Gasteiger charge is -2.28. The van der Waals surface area contributed by atoms with Crippen LogP contribution in [0.5, 0.6) is 0 Å². The van der Waals surface area contributed by atoms with Crippen LogP contribution in [-0.4, -0.2) is 31.3 Å². The Morgan fingerprint density at radius 3 is 2.72 bits per heavy atom. The topological polar surface area (TPSA) is 41.3 Å². The van der Waals surface area contributed by atoms with Crippen LogP contribution in [-0.2, 0) is 6.42 Å². The van der Waals surface area contributed by atoms with E-state index in [0.717, 1.165) is 44.0 Å². The van der Waals surface area contributed by atoms with Gasteiger partial charge in [0.25, 0.3) is 0 Å². The first-order valence-electron chi connectivity index (χ1n) is 6.36. The molecule has 1 fully saturated rings. The summed E-state index contributed by atoms with van der Waals surface area (Å²) in [5.41, 5.74) is 2.39. The Morgan fingerprint density at radius 2 is 1.94 bits per heavy atom. The van der Waals surface area contributed by atoms with Crippen molar-refractivity contribution in [1.82, 2.24) is 10.5 Å². The molecule has 1 aliphatic rings. The number of anilines is 1. The number of nitrogens with one attached hydrogen (secondary N) is 1. The maximum Gasteiger partial charge on any atom is 0.164 e. The van der Waals surface area contributed by atoms with Crippen molar-refractivity contribution in [2.24, 2.45) is 0 Å². The van der Waals surface area contributed by atoms with Crippen LogP contribution in [0.25, 0.3) is 0 Å². The molecule has 0 aliphatic carbocycles. The van der Waals surface area contributed by atoms with E-state index in [4.69, 9.17) is 4.52 Å². The van der Waals surface area contributed by atoms with E-state index < -0.39 is 0 Å². The predicted molar refractivity (Wildman–Crippen MR) is 70.8 cm³/mol. The van der Waals surface area contributed by atoms with Gasteiger partial charge in [-0.05, 0) is 5.56 Å². The van der Waals surface area contributed by atoms with Gasteiger partial charge in [0.15, 0.2) is 5.76 Å². The largest absolute Gasteiger partial charge is 0.365 e. The number of rotatable bonds is 3. The third kappa shape index (κ3) is 2.38. The van der Waals surface area contributed by atoms with E-state index in [2.05, 4.69) is 39.6 Å². The summed E-state index contributed by atoms with van der Waals surface area (Å²) in [6, 6.07) is 10.4. The molecule has 0 unspecified atom stereocenters. The zero-order valence-electron chi connectivity index (χ0n) is 10.3. The Balaban J connectivity index is 1.78. The van der Waals surface area contributed by atoms with Crippen LogP contribution < -0.4 is 10.2 Å². The second kappa shape index (κ2) is 5.23. The minimum Gasteiger partial charge on any atom is -0.365 e. The normalized spacial score (nSPS) is 15.9. The number of benzene rings is 1. The van der Waals surface area contributed by atoms with E-state index in [9.17, 15) is 0 Å². The first kappa shape index (κ1) is 11.3. The van der Waals surface area contributed by atoms with Crippen molar-refractivity contribution in [2.75, 3.05) is 31.1 Å². The lowest BCUT2D eigenvalue weighted by atomic mass is 10.1. The highest BCUT2D eigenvalue weighted by atomic mass is 16.5. The van der Waals surface area contributed by atoms with E-state index in [-0.39, 0.29) is 0 Å². The first-order chi connectivity index (χ1) is 8.93. The van der Waals surface area contributed by atoms with Crippen molar-refractivity contribution in [3.63, 3.8) is 0 Å². The molecule has 2 aromatic rings. The number of piperazine rings is 1. The van der Waals surface area contributed by atoms with E-state index in [1.807, 2.05) is 12.3 Å². The zero-order chi connectivity index (χ0) is 12.2. The molecule has 3 rings (SSSR count). The maximum absolute atomic E-state index is 5.41.